The molecule has 0 N–H and O–H groups in total. The Hall–Kier alpha value is -1.32. The molecule has 78 valence electrons. The predicted octanol–water partition coefficient (Wildman–Crippen LogP) is 3.25. The molecule has 0 atom stereocenters. The van der Waals surface area contributed by atoms with Crippen LogP contribution in [0.25, 0.3) is 0 Å². The Bertz CT molecular complexity index is 300. The molecule has 0 unspecified atom stereocenters. The summed E-state index contributed by atoms with van der Waals surface area (Å²) < 4.78 is 24.3. The number of ketones is 1. The lowest BCUT2D eigenvalue weighted by Crippen LogP contribution is -2.01. The molecular weight excluding hydrogens is 188 g/mol. The fourth-order valence-corrected chi connectivity index (χ4v) is 0.889. The first kappa shape index (κ1) is 12.7. The van der Waals surface area contributed by atoms with Crippen molar-refractivity contribution in [3.63, 3.8) is 0 Å². The Balaban J connectivity index is 0.000000791. The molecule has 0 aliphatic rings. The van der Waals surface area contributed by atoms with Crippen LogP contribution in [0.4, 0.5) is 8.78 Å². The van der Waals surface area contributed by atoms with Gasteiger partial charge in [0.15, 0.2) is 5.78 Å². The molecule has 0 aliphatic carbocycles. The minimum atomic E-state index is -2.69. The van der Waals surface area contributed by atoms with E-state index < -0.39 is 17.9 Å². The van der Waals surface area contributed by atoms with Crippen molar-refractivity contribution in [3.8, 4) is 0 Å². The lowest BCUT2D eigenvalue weighted by molar-refractivity contribution is 0.0995. The van der Waals surface area contributed by atoms with Gasteiger partial charge in [-0.25, -0.2) is 8.78 Å². The number of carbonyl (C=O) groups excluding carboxylic acids is 1. The Kier molecular flexibility index (Phi) is 5.60. The summed E-state index contributed by atoms with van der Waals surface area (Å²) in [5.74, 6) is -0.390. The third-order valence-corrected chi connectivity index (χ3v) is 1.42. The molecule has 1 aromatic heterocycles. The normalized spacial score (nSPS) is 9.29. The lowest BCUT2D eigenvalue weighted by Gasteiger charge is -2.02. The van der Waals surface area contributed by atoms with E-state index in [1.54, 1.807) is 0 Å². The summed E-state index contributed by atoms with van der Waals surface area (Å²) in [5.41, 5.74) is -0.447. The van der Waals surface area contributed by atoms with Crippen LogP contribution in [0.1, 0.15) is 43.2 Å². The van der Waals surface area contributed by atoms with E-state index in [1.807, 2.05) is 13.8 Å². The highest BCUT2D eigenvalue weighted by Gasteiger charge is 2.15. The van der Waals surface area contributed by atoms with Crippen LogP contribution < -0.4 is 0 Å². The van der Waals surface area contributed by atoms with Crippen molar-refractivity contribution in [1.82, 2.24) is 4.98 Å². The second-order valence-electron chi connectivity index (χ2n) is 2.29. The fraction of sp³-hybridized carbons (Fsp3) is 0.400. The molecule has 4 heteroatoms. The second-order valence-corrected chi connectivity index (χ2v) is 2.29. The second kappa shape index (κ2) is 6.18. The highest BCUT2D eigenvalue weighted by Crippen LogP contribution is 2.20. The molecule has 0 bridgehead atoms. The molecule has 1 heterocycles. The summed E-state index contributed by atoms with van der Waals surface area (Å²) in [4.78, 5) is 14.2. The van der Waals surface area contributed by atoms with Crippen LogP contribution in [-0.2, 0) is 0 Å². The minimum Gasteiger partial charge on any atom is -0.294 e. The summed E-state index contributed by atoms with van der Waals surface area (Å²) in [7, 11) is 0. The summed E-state index contributed by atoms with van der Waals surface area (Å²) in [6.45, 7) is 5.24. The van der Waals surface area contributed by atoms with E-state index in [2.05, 4.69) is 4.98 Å². The van der Waals surface area contributed by atoms with Crippen molar-refractivity contribution in [2.24, 2.45) is 0 Å². The molecule has 0 fully saturated rings. The van der Waals surface area contributed by atoms with Crippen molar-refractivity contribution < 1.29 is 13.6 Å². The first-order valence-corrected chi connectivity index (χ1v) is 4.37. The number of aromatic nitrogens is 1. The predicted molar refractivity (Wildman–Crippen MR) is 50.5 cm³/mol. The largest absolute Gasteiger partial charge is 0.294 e. The smallest absolute Gasteiger partial charge is 0.281 e. The van der Waals surface area contributed by atoms with E-state index in [4.69, 9.17) is 0 Å². The Labute approximate surface area is 82.0 Å². The van der Waals surface area contributed by atoms with Crippen LogP contribution in [0.15, 0.2) is 18.3 Å². The molecule has 1 aromatic rings. The molecule has 0 spiro atoms. The van der Waals surface area contributed by atoms with Crippen LogP contribution in [0.2, 0.25) is 0 Å². The van der Waals surface area contributed by atoms with Gasteiger partial charge in [0.1, 0.15) is 5.69 Å². The van der Waals surface area contributed by atoms with Gasteiger partial charge in [-0.2, -0.15) is 0 Å². The molecular formula is C10H13F2NO. The topological polar surface area (TPSA) is 30.0 Å². The zero-order chi connectivity index (χ0) is 11.1. The number of alkyl halides is 2. The van der Waals surface area contributed by atoms with Crippen molar-refractivity contribution in [3.05, 3.63) is 29.6 Å². The third kappa shape index (κ3) is 3.20. The molecule has 0 radical (unpaired) electrons. The number of Topliss-reactive ketones (excluding diaryl/α,β-unsaturated/α-hetero) is 1. The quantitative estimate of drug-likeness (QED) is 0.687. The van der Waals surface area contributed by atoms with Crippen LogP contribution in [0.5, 0.6) is 0 Å². The van der Waals surface area contributed by atoms with E-state index in [0.29, 0.717) is 0 Å². The van der Waals surface area contributed by atoms with E-state index in [1.165, 1.54) is 25.3 Å². The number of hydrogen-bond donors (Lipinski definition) is 0. The zero-order valence-electron chi connectivity index (χ0n) is 8.42. The maximum Gasteiger partial charge on any atom is 0.281 e. The number of hydrogen-bond acceptors (Lipinski definition) is 2. The maximum absolute atomic E-state index is 12.2. The molecule has 0 saturated carbocycles. The van der Waals surface area contributed by atoms with Gasteiger partial charge >= 0.3 is 0 Å². The SMILES string of the molecule is CC.CC(=O)c1cccnc1C(F)F. The molecule has 0 aromatic carbocycles. The van der Waals surface area contributed by atoms with Crippen molar-refractivity contribution >= 4 is 5.78 Å². The molecule has 1 rings (SSSR count). The van der Waals surface area contributed by atoms with Gasteiger partial charge in [-0.3, -0.25) is 9.78 Å². The number of rotatable bonds is 2. The van der Waals surface area contributed by atoms with Gasteiger partial charge in [0.2, 0.25) is 0 Å². The average molecular weight is 201 g/mol. The summed E-state index contributed by atoms with van der Waals surface area (Å²) >= 11 is 0. The van der Waals surface area contributed by atoms with Crippen LogP contribution in [0, 0.1) is 0 Å². The van der Waals surface area contributed by atoms with Crippen LogP contribution >= 0.6 is 0 Å². The number of carbonyl (C=O) groups is 1. The minimum absolute atomic E-state index is 0.00694. The Morgan fingerprint density at radius 1 is 1.43 bits per heavy atom. The summed E-state index contributed by atoms with van der Waals surface area (Å²) in [6, 6.07) is 2.80. The highest BCUT2D eigenvalue weighted by molar-refractivity contribution is 5.95. The van der Waals surface area contributed by atoms with Crippen molar-refractivity contribution in [2.75, 3.05) is 0 Å². The third-order valence-electron chi connectivity index (χ3n) is 1.42. The number of pyridine rings is 1. The van der Waals surface area contributed by atoms with Gasteiger partial charge in [-0.1, -0.05) is 13.8 Å². The number of nitrogens with zero attached hydrogens (tertiary/aromatic N) is 1. The molecule has 0 saturated heterocycles. The van der Waals surface area contributed by atoms with Gasteiger partial charge in [0.05, 0.1) is 0 Å². The van der Waals surface area contributed by atoms with Gasteiger partial charge in [-0.15, -0.1) is 0 Å². The molecule has 0 amide bonds. The van der Waals surface area contributed by atoms with Crippen molar-refractivity contribution in [2.45, 2.75) is 27.2 Å². The monoisotopic (exact) mass is 201 g/mol. The maximum atomic E-state index is 12.2. The molecule has 0 aliphatic heterocycles. The first-order chi connectivity index (χ1) is 6.63. The van der Waals surface area contributed by atoms with E-state index in [-0.39, 0.29) is 5.56 Å². The van der Waals surface area contributed by atoms with Gasteiger partial charge in [0.25, 0.3) is 6.43 Å². The first-order valence-electron chi connectivity index (χ1n) is 4.37. The highest BCUT2D eigenvalue weighted by atomic mass is 19.3. The van der Waals surface area contributed by atoms with Crippen molar-refractivity contribution in [1.29, 1.82) is 0 Å². The standard InChI is InChI=1S/C8H7F2NO.C2H6/c1-5(12)6-3-2-4-11-7(6)8(9)10;1-2/h2-4,8H,1H3;1-2H3. The van der Waals surface area contributed by atoms with E-state index >= 15 is 0 Å². The van der Waals surface area contributed by atoms with E-state index in [0.717, 1.165) is 0 Å². The number of halogens is 2. The zero-order valence-corrected chi connectivity index (χ0v) is 8.42. The molecule has 14 heavy (non-hydrogen) atoms. The van der Waals surface area contributed by atoms with Crippen LogP contribution in [0.3, 0.4) is 0 Å². The van der Waals surface area contributed by atoms with Gasteiger partial charge < -0.3 is 0 Å². The summed E-state index contributed by atoms with van der Waals surface area (Å²) in [5, 5.41) is 0. The summed E-state index contributed by atoms with van der Waals surface area (Å²) in [6.07, 6.45) is -1.45. The van der Waals surface area contributed by atoms with Gasteiger partial charge in [0, 0.05) is 11.8 Å². The average Bonchev–Trinajstić information content (AvgIpc) is 2.20. The van der Waals surface area contributed by atoms with E-state index in [9.17, 15) is 13.6 Å². The Morgan fingerprint density at radius 3 is 2.36 bits per heavy atom. The Morgan fingerprint density at radius 2 is 2.00 bits per heavy atom. The molecule has 2 nitrogen and oxygen atoms in total. The van der Waals surface area contributed by atoms with Crippen LogP contribution in [-0.4, -0.2) is 10.8 Å². The fourth-order valence-electron chi connectivity index (χ4n) is 0.889. The van der Waals surface area contributed by atoms with Gasteiger partial charge in [-0.05, 0) is 19.1 Å². The lowest BCUT2D eigenvalue weighted by atomic mass is 10.1.